The molecule has 1 heterocycles. The Morgan fingerprint density at radius 3 is 2.39 bits per heavy atom. The molecular weight excluding hydrogens is 493 g/mol. The number of benzene rings is 2. The van der Waals surface area contributed by atoms with E-state index in [1.807, 2.05) is 0 Å². The number of nitrogens with one attached hydrogen (secondary N) is 2. The molecule has 0 spiro atoms. The summed E-state index contributed by atoms with van der Waals surface area (Å²) in [5.41, 5.74) is 1.70. The first-order chi connectivity index (χ1) is 17.0. The maximum Gasteiger partial charge on any atom is 0.322 e. The van der Waals surface area contributed by atoms with Crippen LogP contribution in [0.1, 0.15) is 34.7 Å². The number of hydrogen-bond acceptors (Lipinski definition) is 6. The summed E-state index contributed by atoms with van der Waals surface area (Å²) in [4.78, 5) is 36.0. The molecular formula is C24H24FN3O7S. The molecule has 2 amide bonds. The van der Waals surface area contributed by atoms with E-state index >= 15 is 0 Å². The summed E-state index contributed by atoms with van der Waals surface area (Å²) in [6.07, 6.45) is 2.53. The summed E-state index contributed by atoms with van der Waals surface area (Å²) >= 11 is 0. The predicted octanol–water partition coefficient (Wildman–Crippen LogP) is 2.44. The molecule has 1 aromatic heterocycles. The maximum absolute atomic E-state index is 13.5. The third-order valence-electron chi connectivity index (χ3n) is 5.81. The molecule has 1 aliphatic carbocycles. The van der Waals surface area contributed by atoms with E-state index in [2.05, 4.69) is 10.6 Å². The minimum absolute atomic E-state index is 0.0115. The van der Waals surface area contributed by atoms with Gasteiger partial charge in [0.25, 0.3) is 5.91 Å². The van der Waals surface area contributed by atoms with E-state index in [0.717, 1.165) is 23.4 Å². The van der Waals surface area contributed by atoms with Crippen molar-refractivity contribution in [2.45, 2.75) is 18.8 Å². The summed E-state index contributed by atoms with van der Waals surface area (Å²) in [5, 5.41) is 14.0. The van der Waals surface area contributed by atoms with Crippen LogP contribution < -0.4 is 14.9 Å². The van der Waals surface area contributed by atoms with Crippen molar-refractivity contribution < 1.29 is 36.7 Å². The molecule has 12 heteroatoms. The average Bonchev–Trinajstić information content (AvgIpc) is 3.60. The largest absolute Gasteiger partial charge is 0.480 e. The third kappa shape index (κ3) is 5.18. The van der Waals surface area contributed by atoms with Gasteiger partial charge in [0, 0.05) is 24.1 Å². The van der Waals surface area contributed by atoms with Crippen LogP contribution >= 0.6 is 0 Å². The van der Waals surface area contributed by atoms with Crippen LogP contribution in [0.3, 0.4) is 0 Å². The van der Waals surface area contributed by atoms with E-state index in [9.17, 15) is 27.2 Å². The second-order valence-corrected chi connectivity index (χ2v) is 10.4. The number of sulfonamides is 1. The second-order valence-electron chi connectivity index (χ2n) is 8.51. The molecule has 0 unspecified atom stereocenters. The summed E-state index contributed by atoms with van der Waals surface area (Å²) in [7, 11) is -2.50. The molecule has 36 heavy (non-hydrogen) atoms. The Balaban J connectivity index is 1.89. The number of rotatable bonds is 9. The molecule has 0 radical (unpaired) electrons. The predicted molar refractivity (Wildman–Crippen MR) is 130 cm³/mol. The molecule has 1 fully saturated rings. The number of furan rings is 1. The van der Waals surface area contributed by atoms with Crippen molar-refractivity contribution in [3.05, 3.63) is 53.3 Å². The lowest BCUT2D eigenvalue weighted by molar-refractivity contribution is -0.137. The van der Waals surface area contributed by atoms with Gasteiger partial charge in [0.05, 0.1) is 17.5 Å². The third-order valence-corrected chi connectivity index (χ3v) is 6.93. The van der Waals surface area contributed by atoms with Crippen molar-refractivity contribution in [2.75, 3.05) is 30.7 Å². The van der Waals surface area contributed by atoms with Gasteiger partial charge in [0.15, 0.2) is 0 Å². The monoisotopic (exact) mass is 517 g/mol. The van der Waals surface area contributed by atoms with E-state index in [-0.39, 0.29) is 28.5 Å². The van der Waals surface area contributed by atoms with Gasteiger partial charge in [-0.3, -0.25) is 18.7 Å². The van der Waals surface area contributed by atoms with Gasteiger partial charge in [-0.05, 0) is 54.7 Å². The maximum atomic E-state index is 13.5. The van der Waals surface area contributed by atoms with Gasteiger partial charge in [0.2, 0.25) is 15.9 Å². The minimum Gasteiger partial charge on any atom is -0.480 e. The fourth-order valence-corrected chi connectivity index (χ4v) is 4.85. The Kier molecular flexibility index (Phi) is 6.72. The van der Waals surface area contributed by atoms with Crippen LogP contribution in [-0.4, -0.2) is 57.7 Å². The number of hydrogen-bond donors (Lipinski definition) is 3. The fraction of sp³-hybridized carbons (Fsp3) is 0.292. The molecule has 4 rings (SSSR count). The lowest BCUT2D eigenvalue weighted by Crippen LogP contribution is -2.42. The smallest absolute Gasteiger partial charge is 0.322 e. The lowest BCUT2D eigenvalue weighted by Gasteiger charge is -2.24. The molecule has 0 bridgehead atoms. The van der Waals surface area contributed by atoms with Crippen molar-refractivity contribution >= 4 is 44.5 Å². The van der Waals surface area contributed by atoms with Crippen LogP contribution in [0, 0.1) is 5.82 Å². The number of carboxylic acid groups (broad SMARTS) is 1. The molecule has 3 N–H and O–H groups in total. The molecule has 0 aliphatic heterocycles. The van der Waals surface area contributed by atoms with E-state index in [1.165, 1.54) is 37.4 Å². The quantitative estimate of drug-likeness (QED) is 0.395. The van der Waals surface area contributed by atoms with Gasteiger partial charge in [-0.2, -0.15) is 0 Å². The molecule has 3 aromatic rings. The van der Waals surface area contributed by atoms with Crippen molar-refractivity contribution in [3.8, 4) is 11.3 Å². The molecule has 1 aliphatic rings. The Morgan fingerprint density at radius 2 is 1.83 bits per heavy atom. The van der Waals surface area contributed by atoms with Crippen molar-refractivity contribution in [2.24, 2.45) is 0 Å². The highest BCUT2D eigenvalue weighted by atomic mass is 32.2. The van der Waals surface area contributed by atoms with Crippen LogP contribution in [0.4, 0.5) is 10.1 Å². The second kappa shape index (κ2) is 9.61. The Labute approximate surface area is 206 Å². The van der Waals surface area contributed by atoms with Crippen LogP contribution in [0.25, 0.3) is 22.3 Å². The Hall–Kier alpha value is -3.93. The standard InChI is InChI=1S/C24H24FN3O7S/c1-26-24(32)22-17-9-16(13-3-4-13)18(28(36(2,33)34)12-20(29)27-11-21(30)31)10-19(17)35-23(22)14-5-7-15(25)8-6-14/h5-10,13H,3-4,11-12H2,1-2H3,(H,26,32)(H,27,29)(H,30,31). The highest BCUT2D eigenvalue weighted by molar-refractivity contribution is 7.92. The zero-order chi connectivity index (χ0) is 26.2. The summed E-state index contributed by atoms with van der Waals surface area (Å²) in [6, 6.07) is 8.57. The van der Waals surface area contributed by atoms with Gasteiger partial charge in [-0.1, -0.05) is 0 Å². The van der Waals surface area contributed by atoms with Crippen molar-refractivity contribution in [3.63, 3.8) is 0 Å². The number of aliphatic carboxylic acids is 1. The van der Waals surface area contributed by atoms with Gasteiger partial charge in [-0.15, -0.1) is 0 Å². The number of fused-ring (bicyclic) bond motifs is 1. The van der Waals surface area contributed by atoms with E-state index in [1.54, 1.807) is 6.07 Å². The minimum atomic E-state index is -3.97. The first kappa shape index (κ1) is 25.2. The number of carboxylic acids is 1. The summed E-state index contributed by atoms with van der Waals surface area (Å²) < 4.78 is 45.8. The fourth-order valence-electron chi connectivity index (χ4n) is 3.98. The van der Waals surface area contributed by atoms with Crippen molar-refractivity contribution in [1.82, 2.24) is 10.6 Å². The number of anilines is 1. The number of halogens is 1. The average molecular weight is 518 g/mol. The van der Waals surface area contributed by atoms with Crippen LogP contribution in [-0.2, 0) is 19.6 Å². The highest BCUT2D eigenvalue weighted by Gasteiger charge is 2.33. The normalized spacial score (nSPS) is 13.4. The summed E-state index contributed by atoms with van der Waals surface area (Å²) in [5.74, 6) is -2.75. The summed E-state index contributed by atoms with van der Waals surface area (Å²) in [6.45, 7) is -1.29. The first-order valence-electron chi connectivity index (χ1n) is 11.0. The molecule has 190 valence electrons. The van der Waals surface area contributed by atoms with Crippen LogP contribution in [0.5, 0.6) is 0 Å². The number of nitrogens with zero attached hydrogens (tertiary/aromatic N) is 1. The van der Waals surface area contributed by atoms with Gasteiger partial charge < -0.3 is 20.2 Å². The number of carbonyl (C=O) groups is 3. The number of carbonyl (C=O) groups excluding carboxylic acids is 2. The van der Waals surface area contributed by atoms with Crippen LogP contribution in [0.2, 0.25) is 0 Å². The lowest BCUT2D eigenvalue weighted by atomic mass is 10.0. The molecule has 0 atom stereocenters. The topological polar surface area (TPSA) is 146 Å². The first-order valence-corrected chi connectivity index (χ1v) is 12.9. The van der Waals surface area contributed by atoms with E-state index in [4.69, 9.17) is 9.52 Å². The molecule has 1 saturated carbocycles. The van der Waals surface area contributed by atoms with Crippen molar-refractivity contribution in [1.29, 1.82) is 0 Å². The zero-order valence-corrected chi connectivity index (χ0v) is 20.3. The highest BCUT2D eigenvalue weighted by Crippen LogP contribution is 2.48. The molecule has 2 aromatic carbocycles. The molecule has 0 saturated heterocycles. The van der Waals surface area contributed by atoms with Crippen LogP contribution in [0.15, 0.2) is 40.8 Å². The zero-order valence-electron chi connectivity index (χ0n) is 19.5. The molecule has 10 nitrogen and oxygen atoms in total. The van der Waals surface area contributed by atoms with Gasteiger partial charge in [-0.25, -0.2) is 12.8 Å². The Bertz CT molecular complexity index is 1460. The van der Waals surface area contributed by atoms with E-state index < -0.39 is 46.7 Å². The van der Waals surface area contributed by atoms with Gasteiger partial charge in [0.1, 0.15) is 30.3 Å². The Morgan fingerprint density at radius 1 is 1.17 bits per heavy atom. The SMILES string of the molecule is CNC(=O)c1c(-c2ccc(F)cc2)oc2cc(N(CC(=O)NCC(=O)O)S(C)(=O)=O)c(C3CC3)cc12. The number of amides is 2. The van der Waals surface area contributed by atoms with E-state index in [0.29, 0.717) is 16.5 Å². The van der Waals surface area contributed by atoms with Gasteiger partial charge >= 0.3 is 5.97 Å².